The molecule has 156 valence electrons. The molecule has 1 fully saturated rings. The van der Waals surface area contributed by atoms with E-state index in [0.717, 1.165) is 12.1 Å². The van der Waals surface area contributed by atoms with Crippen LogP contribution in [0.4, 0.5) is 5.69 Å². The number of benzene rings is 2. The van der Waals surface area contributed by atoms with E-state index in [-0.39, 0.29) is 12.5 Å². The average molecular weight is 445 g/mol. The lowest BCUT2D eigenvalue weighted by atomic mass is 10.1. The van der Waals surface area contributed by atoms with Gasteiger partial charge < -0.3 is 5.32 Å². The highest BCUT2D eigenvalue weighted by atomic mass is 35.5. The molecule has 1 aliphatic heterocycles. The Hall–Kier alpha value is -2.48. The molecule has 1 saturated heterocycles. The lowest BCUT2D eigenvalue weighted by Crippen LogP contribution is -2.28. The van der Waals surface area contributed by atoms with Crippen LogP contribution in [0.5, 0.6) is 0 Å². The van der Waals surface area contributed by atoms with Gasteiger partial charge in [-0.3, -0.25) is 9.69 Å². The molecular formula is C21H22Cl2N6O. The Morgan fingerprint density at radius 1 is 1.03 bits per heavy atom. The van der Waals surface area contributed by atoms with E-state index in [1.807, 2.05) is 12.1 Å². The van der Waals surface area contributed by atoms with E-state index in [2.05, 4.69) is 37.8 Å². The van der Waals surface area contributed by atoms with Crippen LogP contribution in [0, 0.1) is 0 Å². The molecule has 9 heteroatoms. The SMILES string of the molecule is O=C(Cn1nnc(-c2ccc(CN3CCCCC3)cc2)n1)Nc1cc(Cl)ccc1Cl. The van der Waals surface area contributed by atoms with Gasteiger partial charge in [-0.25, -0.2) is 0 Å². The number of hydrogen-bond donors (Lipinski definition) is 1. The van der Waals surface area contributed by atoms with E-state index in [1.165, 1.54) is 42.7 Å². The van der Waals surface area contributed by atoms with Crippen molar-refractivity contribution in [3.63, 3.8) is 0 Å². The van der Waals surface area contributed by atoms with Crippen LogP contribution in [0.15, 0.2) is 42.5 Å². The summed E-state index contributed by atoms with van der Waals surface area (Å²) in [5.41, 5.74) is 2.58. The van der Waals surface area contributed by atoms with Crippen molar-refractivity contribution < 1.29 is 4.79 Å². The van der Waals surface area contributed by atoms with Gasteiger partial charge in [0.25, 0.3) is 0 Å². The summed E-state index contributed by atoms with van der Waals surface area (Å²) in [7, 11) is 0. The predicted molar refractivity (Wildman–Crippen MR) is 117 cm³/mol. The Balaban J connectivity index is 1.36. The molecule has 7 nitrogen and oxygen atoms in total. The summed E-state index contributed by atoms with van der Waals surface area (Å²) < 4.78 is 0. The van der Waals surface area contributed by atoms with E-state index in [1.54, 1.807) is 18.2 Å². The number of tetrazole rings is 1. The lowest BCUT2D eigenvalue weighted by molar-refractivity contribution is -0.117. The molecule has 2 heterocycles. The summed E-state index contributed by atoms with van der Waals surface area (Å²) in [6.45, 7) is 3.22. The standard InChI is InChI=1S/C21H22Cl2N6O/c22-17-8-9-18(23)19(12-17)24-20(30)14-29-26-21(25-27-29)16-6-4-15(5-7-16)13-28-10-2-1-3-11-28/h4-9,12H,1-3,10-11,13-14H2,(H,24,30). The van der Waals surface area contributed by atoms with Crippen LogP contribution >= 0.6 is 23.2 Å². The summed E-state index contributed by atoms with van der Waals surface area (Å²) >= 11 is 12.0. The van der Waals surface area contributed by atoms with E-state index in [0.29, 0.717) is 21.6 Å². The maximum atomic E-state index is 12.3. The Labute approximate surface area is 185 Å². The fourth-order valence-corrected chi connectivity index (χ4v) is 3.81. The fourth-order valence-electron chi connectivity index (χ4n) is 3.47. The molecule has 0 saturated carbocycles. The topological polar surface area (TPSA) is 75.9 Å². The average Bonchev–Trinajstić information content (AvgIpc) is 3.20. The first-order valence-electron chi connectivity index (χ1n) is 9.91. The molecule has 0 bridgehead atoms. The summed E-state index contributed by atoms with van der Waals surface area (Å²) in [4.78, 5) is 16.0. The van der Waals surface area contributed by atoms with Crippen LogP contribution in [0.25, 0.3) is 11.4 Å². The number of rotatable bonds is 6. The molecular weight excluding hydrogens is 423 g/mol. The molecule has 30 heavy (non-hydrogen) atoms. The highest BCUT2D eigenvalue weighted by molar-refractivity contribution is 6.35. The highest BCUT2D eigenvalue weighted by Gasteiger charge is 2.13. The zero-order chi connectivity index (χ0) is 20.9. The van der Waals surface area contributed by atoms with Gasteiger partial charge in [0.1, 0.15) is 6.54 Å². The summed E-state index contributed by atoms with van der Waals surface area (Å²) in [5, 5.41) is 16.0. The molecule has 0 spiro atoms. The molecule has 4 rings (SSSR count). The van der Waals surface area contributed by atoms with Crippen molar-refractivity contribution in [2.24, 2.45) is 0 Å². The molecule has 0 aliphatic carbocycles. The number of hydrogen-bond acceptors (Lipinski definition) is 5. The van der Waals surface area contributed by atoms with Crippen LogP contribution in [0.3, 0.4) is 0 Å². The minimum Gasteiger partial charge on any atom is -0.323 e. The van der Waals surface area contributed by atoms with Crippen LogP contribution in [0.2, 0.25) is 10.0 Å². The molecule has 3 aromatic rings. The summed E-state index contributed by atoms with van der Waals surface area (Å²) in [5.74, 6) is 0.160. The molecule has 0 radical (unpaired) electrons. The Morgan fingerprint density at radius 2 is 1.80 bits per heavy atom. The van der Waals surface area contributed by atoms with Gasteiger partial charge in [0.05, 0.1) is 10.7 Å². The molecule has 0 unspecified atom stereocenters. The number of nitrogens with one attached hydrogen (secondary N) is 1. The van der Waals surface area contributed by atoms with Crippen LogP contribution in [0.1, 0.15) is 24.8 Å². The number of aromatic nitrogens is 4. The largest absolute Gasteiger partial charge is 0.323 e. The minimum absolute atomic E-state index is 0.0805. The Kier molecular flexibility index (Phi) is 6.62. The van der Waals surface area contributed by atoms with Crippen LogP contribution in [-0.4, -0.2) is 44.1 Å². The molecule has 1 aromatic heterocycles. The first-order valence-corrected chi connectivity index (χ1v) is 10.7. The first-order chi connectivity index (χ1) is 14.6. The second kappa shape index (κ2) is 9.55. The predicted octanol–water partition coefficient (Wildman–Crippen LogP) is 4.27. The van der Waals surface area contributed by atoms with Crippen molar-refractivity contribution in [2.45, 2.75) is 32.4 Å². The van der Waals surface area contributed by atoms with Gasteiger partial charge in [0, 0.05) is 17.1 Å². The number of carbonyl (C=O) groups excluding carboxylic acids is 1. The number of nitrogens with zero attached hydrogens (tertiary/aromatic N) is 5. The van der Waals surface area contributed by atoms with Gasteiger partial charge in [-0.1, -0.05) is 53.9 Å². The van der Waals surface area contributed by atoms with Gasteiger partial charge in [0.15, 0.2) is 0 Å². The molecule has 0 atom stereocenters. The van der Waals surface area contributed by atoms with Gasteiger partial charge in [0.2, 0.25) is 11.7 Å². The maximum absolute atomic E-state index is 12.3. The Morgan fingerprint density at radius 3 is 2.57 bits per heavy atom. The van der Waals surface area contributed by atoms with Crippen molar-refractivity contribution >= 4 is 34.8 Å². The molecule has 1 aliphatic rings. The zero-order valence-corrected chi connectivity index (χ0v) is 17.9. The monoisotopic (exact) mass is 444 g/mol. The van der Waals surface area contributed by atoms with Gasteiger partial charge in [-0.15, -0.1) is 10.2 Å². The number of halogens is 2. The second-order valence-corrected chi connectivity index (χ2v) is 8.19. The minimum atomic E-state index is -0.319. The summed E-state index contributed by atoms with van der Waals surface area (Å²) in [6.07, 6.45) is 3.89. The number of carbonyl (C=O) groups is 1. The van der Waals surface area contributed by atoms with Gasteiger partial charge >= 0.3 is 0 Å². The fraction of sp³-hybridized carbons (Fsp3) is 0.333. The van der Waals surface area contributed by atoms with Gasteiger partial charge in [-0.05, 0) is 54.9 Å². The quantitative estimate of drug-likeness (QED) is 0.613. The molecule has 2 aromatic carbocycles. The first kappa shape index (κ1) is 20.8. The van der Waals surface area contributed by atoms with Gasteiger partial charge in [-0.2, -0.15) is 4.80 Å². The van der Waals surface area contributed by atoms with E-state index in [9.17, 15) is 4.79 Å². The number of anilines is 1. The van der Waals surface area contributed by atoms with E-state index < -0.39 is 0 Å². The van der Waals surface area contributed by atoms with Crippen molar-refractivity contribution in [2.75, 3.05) is 18.4 Å². The smallest absolute Gasteiger partial charge is 0.248 e. The zero-order valence-electron chi connectivity index (χ0n) is 16.4. The van der Waals surface area contributed by atoms with E-state index >= 15 is 0 Å². The third kappa shape index (κ3) is 5.36. The van der Waals surface area contributed by atoms with Crippen molar-refractivity contribution in [3.05, 3.63) is 58.1 Å². The van der Waals surface area contributed by atoms with Crippen molar-refractivity contribution in [1.29, 1.82) is 0 Å². The third-order valence-corrected chi connectivity index (χ3v) is 5.57. The number of likely N-dealkylation sites (tertiary alicyclic amines) is 1. The maximum Gasteiger partial charge on any atom is 0.248 e. The van der Waals surface area contributed by atoms with Crippen LogP contribution < -0.4 is 5.32 Å². The van der Waals surface area contributed by atoms with Crippen molar-refractivity contribution in [3.8, 4) is 11.4 Å². The number of amides is 1. The second-order valence-electron chi connectivity index (χ2n) is 7.35. The normalized spacial score (nSPS) is 14.6. The highest BCUT2D eigenvalue weighted by Crippen LogP contribution is 2.25. The molecule has 1 N–H and O–H groups in total. The number of piperidine rings is 1. The van der Waals surface area contributed by atoms with Crippen LogP contribution in [-0.2, 0) is 17.9 Å². The third-order valence-electron chi connectivity index (χ3n) is 5.01. The Bertz CT molecular complexity index is 1010. The lowest BCUT2D eigenvalue weighted by Gasteiger charge is -2.26. The van der Waals surface area contributed by atoms with Crippen molar-refractivity contribution in [1.82, 2.24) is 25.1 Å². The molecule has 1 amide bonds. The summed E-state index contributed by atoms with van der Waals surface area (Å²) in [6, 6.07) is 13.0. The van der Waals surface area contributed by atoms with E-state index in [4.69, 9.17) is 23.2 Å².